The second-order valence-corrected chi connectivity index (χ2v) is 8.71. The topological polar surface area (TPSA) is 40.6 Å². The molecule has 0 amide bonds. The molecule has 0 fully saturated rings. The van der Waals surface area contributed by atoms with Gasteiger partial charge in [-0.15, -0.1) is 0 Å². The Hall–Kier alpha value is -2.95. The molecule has 1 heterocycles. The number of hydrogen-bond donors (Lipinski definition) is 0. The molecule has 0 atom stereocenters. The summed E-state index contributed by atoms with van der Waals surface area (Å²) in [4.78, 5) is 28.9. The fourth-order valence-electron chi connectivity index (χ4n) is 4.20. The average molecular weight is 392 g/mol. The molecule has 0 saturated heterocycles. The third-order valence-electron chi connectivity index (χ3n) is 5.73. The first-order valence-electron chi connectivity index (χ1n) is 9.88. The Morgan fingerprint density at radius 1 is 0.966 bits per heavy atom. The molecular weight excluding hydrogens is 367 g/mol. The van der Waals surface area contributed by atoms with Crippen molar-refractivity contribution in [2.24, 2.45) is 5.41 Å². The first-order chi connectivity index (χ1) is 13.7. The van der Waals surface area contributed by atoms with Crippen LogP contribution in [0, 0.1) is 11.2 Å². The van der Waals surface area contributed by atoms with Gasteiger partial charge in [0.05, 0.1) is 6.67 Å². The number of halogens is 1. The van der Waals surface area contributed by atoms with Crippen molar-refractivity contribution in [3.05, 3.63) is 71.2 Å². The second kappa shape index (κ2) is 7.14. The lowest BCUT2D eigenvalue weighted by atomic mass is 9.74. The number of anilines is 2. The van der Waals surface area contributed by atoms with Crippen molar-refractivity contribution < 1.29 is 14.0 Å². The molecular formula is C24H25FN2O2. The van der Waals surface area contributed by atoms with Crippen LogP contribution in [0.25, 0.3) is 0 Å². The van der Waals surface area contributed by atoms with Gasteiger partial charge >= 0.3 is 0 Å². The van der Waals surface area contributed by atoms with Crippen LogP contribution in [0.5, 0.6) is 0 Å². The number of Topliss-reactive ketones (excluding diaryl/α,β-unsaturated/α-hetero) is 2. The van der Waals surface area contributed by atoms with Gasteiger partial charge in [-0.2, -0.15) is 0 Å². The van der Waals surface area contributed by atoms with Crippen molar-refractivity contribution in [2.75, 3.05) is 23.0 Å². The van der Waals surface area contributed by atoms with Gasteiger partial charge in [-0.05, 0) is 67.3 Å². The summed E-state index contributed by atoms with van der Waals surface area (Å²) in [5.41, 5.74) is 4.28. The van der Waals surface area contributed by atoms with Crippen molar-refractivity contribution in [3.63, 3.8) is 0 Å². The highest BCUT2D eigenvalue weighted by molar-refractivity contribution is 6.00. The van der Waals surface area contributed by atoms with E-state index in [4.69, 9.17) is 0 Å². The highest BCUT2D eigenvalue weighted by atomic mass is 19.1. The van der Waals surface area contributed by atoms with Gasteiger partial charge < -0.3 is 9.80 Å². The number of rotatable bonds is 3. The monoisotopic (exact) mass is 392 g/mol. The van der Waals surface area contributed by atoms with E-state index in [0.29, 0.717) is 25.2 Å². The van der Waals surface area contributed by atoms with E-state index < -0.39 is 0 Å². The van der Waals surface area contributed by atoms with Gasteiger partial charge in [-0.3, -0.25) is 9.59 Å². The lowest BCUT2D eigenvalue weighted by Crippen LogP contribution is -2.48. The molecule has 1 aliphatic carbocycles. The third kappa shape index (κ3) is 3.82. The summed E-state index contributed by atoms with van der Waals surface area (Å²) in [5, 5.41) is 0. The maximum atomic E-state index is 13.4. The zero-order valence-corrected chi connectivity index (χ0v) is 17.0. The molecule has 0 radical (unpaired) electrons. The van der Waals surface area contributed by atoms with Crippen LogP contribution < -0.4 is 9.80 Å². The SMILES string of the molecule is CC(=O)c1ccc(N2CN(c3ccc(F)cc3)CC3=C2CC(C)(C)CC3=O)cc1. The summed E-state index contributed by atoms with van der Waals surface area (Å²) < 4.78 is 13.4. The van der Waals surface area contributed by atoms with Gasteiger partial charge in [0.15, 0.2) is 11.6 Å². The molecule has 2 aromatic rings. The van der Waals surface area contributed by atoms with Crippen molar-refractivity contribution in [3.8, 4) is 0 Å². The Kier molecular flexibility index (Phi) is 4.77. The maximum Gasteiger partial charge on any atom is 0.162 e. The van der Waals surface area contributed by atoms with Crippen LogP contribution in [-0.4, -0.2) is 24.8 Å². The Balaban J connectivity index is 1.77. The van der Waals surface area contributed by atoms with E-state index in [1.165, 1.54) is 12.1 Å². The number of carbonyl (C=O) groups is 2. The number of nitrogens with zero attached hydrogens (tertiary/aromatic N) is 2. The first kappa shape index (κ1) is 19.4. The highest BCUT2D eigenvalue weighted by Crippen LogP contribution is 2.42. The fraction of sp³-hybridized carbons (Fsp3) is 0.333. The minimum atomic E-state index is -0.280. The van der Waals surface area contributed by atoms with Crippen molar-refractivity contribution in [1.29, 1.82) is 0 Å². The van der Waals surface area contributed by atoms with Crippen LogP contribution in [0.4, 0.5) is 15.8 Å². The highest BCUT2D eigenvalue weighted by Gasteiger charge is 2.39. The molecule has 0 saturated carbocycles. The van der Waals surface area contributed by atoms with E-state index in [0.717, 1.165) is 29.1 Å². The Bertz CT molecular complexity index is 991. The molecule has 4 rings (SSSR count). The van der Waals surface area contributed by atoms with E-state index in [2.05, 4.69) is 23.6 Å². The van der Waals surface area contributed by atoms with E-state index in [1.807, 2.05) is 24.3 Å². The molecule has 29 heavy (non-hydrogen) atoms. The van der Waals surface area contributed by atoms with Gasteiger partial charge in [-0.25, -0.2) is 4.39 Å². The van der Waals surface area contributed by atoms with Gasteiger partial charge in [0.1, 0.15) is 5.82 Å². The normalized spacial score (nSPS) is 18.7. The summed E-state index contributed by atoms with van der Waals surface area (Å²) in [7, 11) is 0. The van der Waals surface area contributed by atoms with E-state index in [1.54, 1.807) is 19.1 Å². The van der Waals surface area contributed by atoms with E-state index in [9.17, 15) is 14.0 Å². The predicted octanol–water partition coefficient (Wildman–Crippen LogP) is 4.96. The molecule has 2 aromatic carbocycles. The zero-order valence-electron chi connectivity index (χ0n) is 17.0. The number of carbonyl (C=O) groups excluding carboxylic acids is 2. The van der Waals surface area contributed by atoms with Crippen LogP contribution in [-0.2, 0) is 4.79 Å². The van der Waals surface area contributed by atoms with Gasteiger partial charge in [0, 0.05) is 41.2 Å². The molecule has 0 spiro atoms. The van der Waals surface area contributed by atoms with Crippen LogP contribution in [0.15, 0.2) is 59.8 Å². The first-order valence-corrected chi connectivity index (χ1v) is 9.88. The van der Waals surface area contributed by atoms with Crippen LogP contribution in [0.3, 0.4) is 0 Å². The summed E-state index contributed by atoms with van der Waals surface area (Å²) in [6.45, 7) is 6.89. The van der Waals surface area contributed by atoms with Crippen molar-refractivity contribution >= 4 is 22.9 Å². The molecule has 0 aromatic heterocycles. The summed E-state index contributed by atoms with van der Waals surface area (Å²) >= 11 is 0. The molecule has 1 aliphatic heterocycles. The molecule has 150 valence electrons. The summed E-state index contributed by atoms with van der Waals surface area (Å²) in [6, 6.07) is 13.9. The molecule has 0 bridgehead atoms. The third-order valence-corrected chi connectivity index (χ3v) is 5.73. The zero-order chi connectivity index (χ0) is 20.8. The largest absolute Gasteiger partial charge is 0.349 e. The van der Waals surface area contributed by atoms with Crippen molar-refractivity contribution in [1.82, 2.24) is 0 Å². The lowest BCUT2D eigenvalue weighted by molar-refractivity contribution is -0.118. The summed E-state index contributed by atoms with van der Waals surface area (Å²) in [5.74, 6) is -0.0803. The minimum absolute atomic E-state index is 0.0250. The van der Waals surface area contributed by atoms with Crippen LogP contribution in [0.1, 0.15) is 44.0 Å². The Morgan fingerprint density at radius 2 is 1.59 bits per heavy atom. The minimum Gasteiger partial charge on any atom is -0.349 e. The van der Waals surface area contributed by atoms with Crippen molar-refractivity contribution in [2.45, 2.75) is 33.6 Å². The molecule has 2 aliphatic rings. The lowest BCUT2D eigenvalue weighted by Gasteiger charge is -2.45. The predicted molar refractivity (Wildman–Crippen MR) is 113 cm³/mol. The van der Waals surface area contributed by atoms with Gasteiger partial charge in [0.25, 0.3) is 0 Å². The number of hydrogen-bond acceptors (Lipinski definition) is 4. The molecule has 5 heteroatoms. The number of benzene rings is 2. The molecule has 4 nitrogen and oxygen atoms in total. The van der Waals surface area contributed by atoms with Crippen LogP contribution in [0.2, 0.25) is 0 Å². The quantitative estimate of drug-likeness (QED) is 0.693. The van der Waals surface area contributed by atoms with Crippen LogP contribution >= 0.6 is 0 Å². The van der Waals surface area contributed by atoms with E-state index >= 15 is 0 Å². The second-order valence-electron chi connectivity index (χ2n) is 8.71. The van der Waals surface area contributed by atoms with Gasteiger partial charge in [0.2, 0.25) is 0 Å². The number of allylic oxidation sites excluding steroid dienone is 1. The smallest absolute Gasteiger partial charge is 0.162 e. The standard InChI is InChI=1S/C24H25FN2O2/c1-16(28)17-4-8-20(9-5-17)27-15-26(19-10-6-18(25)7-11-19)14-21-22(27)12-24(2,3)13-23(21)29/h4-11H,12-15H2,1-3H3. The van der Waals surface area contributed by atoms with E-state index in [-0.39, 0.29) is 22.8 Å². The van der Waals surface area contributed by atoms with Gasteiger partial charge in [-0.1, -0.05) is 13.8 Å². The molecule has 0 N–H and O–H groups in total. The molecule has 0 unspecified atom stereocenters. The Morgan fingerprint density at radius 3 is 2.21 bits per heavy atom. The average Bonchev–Trinajstić information content (AvgIpc) is 2.67. The Labute approximate surface area is 170 Å². The fourth-order valence-corrected chi connectivity index (χ4v) is 4.20. The maximum absolute atomic E-state index is 13.4. The summed E-state index contributed by atoms with van der Waals surface area (Å²) in [6.07, 6.45) is 1.35. The number of ketones is 2.